The van der Waals surface area contributed by atoms with Gasteiger partial charge in [-0.25, -0.2) is 0 Å². The van der Waals surface area contributed by atoms with Gasteiger partial charge in [0.15, 0.2) is 0 Å². The molecule has 0 radical (unpaired) electrons. The smallest absolute Gasteiger partial charge is 0.261 e. The Bertz CT molecular complexity index is 690. The zero-order valence-corrected chi connectivity index (χ0v) is 12.4. The number of nitrogens with one attached hydrogen (secondary N) is 2. The molecule has 5 nitrogen and oxygen atoms in total. The second kappa shape index (κ2) is 5.91. The van der Waals surface area contributed by atoms with Gasteiger partial charge in [0.1, 0.15) is 5.56 Å². The first kappa shape index (κ1) is 15.0. The molecule has 5 heteroatoms. The molecule has 2 heterocycles. The lowest BCUT2D eigenvalue weighted by Gasteiger charge is -2.24. The summed E-state index contributed by atoms with van der Waals surface area (Å²) < 4.78 is 0. The van der Waals surface area contributed by atoms with E-state index >= 15 is 0 Å². The van der Waals surface area contributed by atoms with Gasteiger partial charge in [-0.15, -0.1) is 0 Å². The fourth-order valence-electron chi connectivity index (χ4n) is 1.82. The van der Waals surface area contributed by atoms with Crippen LogP contribution in [0.3, 0.4) is 0 Å². The van der Waals surface area contributed by atoms with Gasteiger partial charge in [0.2, 0.25) is 0 Å². The van der Waals surface area contributed by atoms with Crippen molar-refractivity contribution in [1.82, 2.24) is 15.3 Å². The third-order valence-electron chi connectivity index (χ3n) is 3.48. The Morgan fingerprint density at radius 1 is 1.24 bits per heavy atom. The first-order valence-electron chi connectivity index (χ1n) is 6.89. The van der Waals surface area contributed by atoms with Crippen LogP contribution in [-0.4, -0.2) is 21.4 Å². The number of aromatic amines is 1. The number of rotatable bonds is 4. The molecule has 0 atom stereocenters. The largest absolute Gasteiger partial charge is 0.347 e. The molecule has 2 N–H and O–H groups in total. The highest BCUT2D eigenvalue weighted by Gasteiger charge is 2.20. The van der Waals surface area contributed by atoms with Crippen molar-refractivity contribution >= 4 is 5.91 Å². The van der Waals surface area contributed by atoms with Crippen molar-refractivity contribution in [2.24, 2.45) is 0 Å². The van der Waals surface area contributed by atoms with E-state index in [0.29, 0.717) is 5.69 Å². The summed E-state index contributed by atoms with van der Waals surface area (Å²) in [5, 5.41) is 2.85. The number of nitrogens with zero attached hydrogens (tertiary/aromatic N) is 1. The number of H-pyrrole nitrogens is 1. The van der Waals surface area contributed by atoms with Crippen LogP contribution in [0.15, 0.2) is 41.5 Å². The summed E-state index contributed by atoms with van der Waals surface area (Å²) in [4.78, 5) is 30.9. The number of hydrogen-bond donors (Lipinski definition) is 2. The van der Waals surface area contributed by atoms with Crippen molar-refractivity contribution < 1.29 is 4.79 Å². The molecule has 110 valence electrons. The van der Waals surface area contributed by atoms with E-state index in [9.17, 15) is 9.59 Å². The Balaban J connectivity index is 2.28. The molecule has 0 fully saturated rings. The van der Waals surface area contributed by atoms with Crippen LogP contribution in [0.1, 0.15) is 37.6 Å². The molecule has 0 saturated carbocycles. The highest BCUT2D eigenvalue weighted by Crippen LogP contribution is 2.14. The summed E-state index contributed by atoms with van der Waals surface area (Å²) in [6.07, 6.45) is 4.09. The van der Waals surface area contributed by atoms with Crippen molar-refractivity contribution in [3.05, 3.63) is 52.6 Å². The molecule has 0 bridgehead atoms. The SMILES string of the molecule is CCC(C)(C)NC(=O)c1ccc(-c2ccncc2)[nH]c1=O. The average molecular weight is 285 g/mol. The quantitative estimate of drug-likeness (QED) is 0.905. The van der Waals surface area contributed by atoms with Crippen molar-refractivity contribution in [3.63, 3.8) is 0 Å². The van der Waals surface area contributed by atoms with Crippen LogP contribution in [0, 0.1) is 0 Å². The topological polar surface area (TPSA) is 74.8 Å². The summed E-state index contributed by atoms with van der Waals surface area (Å²) in [7, 11) is 0. The van der Waals surface area contributed by atoms with Crippen LogP contribution >= 0.6 is 0 Å². The maximum atomic E-state index is 12.1. The zero-order valence-electron chi connectivity index (χ0n) is 12.4. The molecule has 0 aliphatic rings. The van der Waals surface area contributed by atoms with Crippen LogP contribution < -0.4 is 10.9 Å². The van der Waals surface area contributed by atoms with E-state index in [2.05, 4.69) is 15.3 Å². The fraction of sp³-hybridized carbons (Fsp3) is 0.312. The van der Waals surface area contributed by atoms with Crippen molar-refractivity contribution in [2.45, 2.75) is 32.7 Å². The lowest BCUT2D eigenvalue weighted by Crippen LogP contribution is -2.44. The lowest BCUT2D eigenvalue weighted by atomic mass is 10.0. The van der Waals surface area contributed by atoms with Gasteiger partial charge in [-0.1, -0.05) is 6.92 Å². The third kappa shape index (κ3) is 3.56. The van der Waals surface area contributed by atoms with Crippen molar-refractivity contribution in [2.75, 3.05) is 0 Å². The molecule has 1 amide bonds. The minimum absolute atomic E-state index is 0.120. The zero-order chi connectivity index (χ0) is 15.5. The van der Waals surface area contributed by atoms with Crippen LogP contribution in [0.4, 0.5) is 0 Å². The molecular formula is C16H19N3O2. The van der Waals surface area contributed by atoms with Crippen LogP contribution in [0.2, 0.25) is 0 Å². The van der Waals surface area contributed by atoms with Gasteiger partial charge in [-0.05, 0) is 44.5 Å². The lowest BCUT2D eigenvalue weighted by molar-refractivity contribution is 0.0909. The van der Waals surface area contributed by atoms with Crippen LogP contribution in [0.25, 0.3) is 11.3 Å². The Kier molecular flexibility index (Phi) is 4.21. The number of pyridine rings is 2. The van der Waals surface area contributed by atoms with Gasteiger partial charge < -0.3 is 10.3 Å². The molecular weight excluding hydrogens is 266 g/mol. The Hall–Kier alpha value is -2.43. The first-order valence-corrected chi connectivity index (χ1v) is 6.89. The molecule has 0 saturated heterocycles. The van der Waals surface area contributed by atoms with Crippen LogP contribution in [-0.2, 0) is 0 Å². The number of hydrogen-bond acceptors (Lipinski definition) is 3. The average Bonchev–Trinajstić information content (AvgIpc) is 2.47. The third-order valence-corrected chi connectivity index (χ3v) is 3.48. The monoisotopic (exact) mass is 285 g/mol. The fourth-order valence-corrected chi connectivity index (χ4v) is 1.82. The summed E-state index contributed by atoms with van der Waals surface area (Å²) >= 11 is 0. The Labute approximate surface area is 123 Å². The Morgan fingerprint density at radius 2 is 1.90 bits per heavy atom. The number of aromatic nitrogens is 2. The van der Waals surface area contributed by atoms with E-state index in [0.717, 1.165) is 12.0 Å². The normalized spacial score (nSPS) is 11.2. The maximum absolute atomic E-state index is 12.1. The summed E-state index contributed by atoms with van der Waals surface area (Å²) in [5.74, 6) is -0.357. The molecule has 0 unspecified atom stereocenters. The van der Waals surface area contributed by atoms with Gasteiger partial charge in [0, 0.05) is 29.2 Å². The summed E-state index contributed by atoms with van der Waals surface area (Å²) in [5.41, 5.74) is 0.896. The van der Waals surface area contributed by atoms with Gasteiger partial charge >= 0.3 is 0 Å². The number of carbonyl (C=O) groups excluding carboxylic acids is 1. The second-order valence-corrected chi connectivity index (χ2v) is 5.54. The minimum Gasteiger partial charge on any atom is -0.347 e. The van der Waals surface area contributed by atoms with Gasteiger partial charge in [0.05, 0.1) is 0 Å². The van der Waals surface area contributed by atoms with Crippen molar-refractivity contribution in [1.29, 1.82) is 0 Å². The van der Waals surface area contributed by atoms with E-state index in [4.69, 9.17) is 0 Å². The molecule has 0 aliphatic heterocycles. The molecule has 2 rings (SSSR count). The highest BCUT2D eigenvalue weighted by atomic mass is 16.2. The van der Waals surface area contributed by atoms with E-state index in [1.54, 1.807) is 36.7 Å². The molecule has 2 aromatic rings. The molecule has 2 aromatic heterocycles. The predicted octanol–water partition coefficient (Wildman–Crippen LogP) is 2.36. The van der Waals surface area contributed by atoms with Gasteiger partial charge in [-0.3, -0.25) is 14.6 Å². The number of carbonyl (C=O) groups is 1. The summed E-state index contributed by atoms with van der Waals surface area (Å²) in [6, 6.07) is 6.87. The molecule has 0 aromatic carbocycles. The van der Waals surface area contributed by atoms with Crippen LogP contribution in [0.5, 0.6) is 0 Å². The second-order valence-electron chi connectivity index (χ2n) is 5.54. The van der Waals surface area contributed by atoms with E-state index in [1.807, 2.05) is 20.8 Å². The number of amides is 1. The Morgan fingerprint density at radius 3 is 2.48 bits per heavy atom. The van der Waals surface area contributed by atoms with Crippen molar-refractivity contribution in [3.8, 4) is 11.3 Å². The molecule has 21 heavy (non-hydrogen) atoms. The minimum atomic E-state index is -0.395. The standard InChI is InChI=1S/C16H19N3O2/c1-4-16(2,3)19-15(21)12-5-6-13(18-14(12)20)11-7-9-17-10-8-11/h5-10H,4H2,1-3H3,(H,18,20)(H,19,21). The van der Waals surface area contributed by atoms with E-state index in [-0.39, 0.29) is 17.0 Å². The summed E-state index contributed by atoms with van der Waals surface area (Å²) in [6.45, 7) is 5.83. The van der Waals surface area contributed by atoms with Gasteiger partial charge in [0.25, 0.3) is 11.5 Å². The highest BCUT2D eigenvalue weighted by molar-refractivity contribution is 5.94. The molecule has 0 aliphatic carbocycles. The van der Waals surface area contributed by atoms with E-state index in [1.165, 1.54) is 0 Å². The van der Waals surface area contributed by atoms with Gasteiger partial charge in [-0.2, -0.15) is 0 Å². The molecule has 0 spiro atoms. The maximum Gasteiger partial charge on any atom is 0.261 e. The first-order chi connectivity index (χ1) is 9.93. The van der Waals surface area contributed by atoms with E-state index < -0.39 is 5.56 Å². The predicted molar refractivity (Wildman–Crippen MR) is 82.1 cm³/mol.